The van der Waals surface area contributed by atoms with E-state index in [0.29, 0.717) is 47.7 Å². The zero-order valence-corrected chi connectivity index (χ0v) is 19.9. The first kappa shape index (κ1) is 23.5. The topological polar surface area (TPSA) is 111 Å². The van der Waals surface area contributed by atoms with Gasteiger partial charge in [-0.15, -0.1) is 0 Å². The van der Waals surface area contributed by atoms with Gasteiger partial charge in [-0.2, -0.15) is 0 Å². The van der Waals surface area contributed by atoms with Crippen LogP contribution in [0.25, 0.3) is 11.3 Å². The van der Waals surface area contributed by atoms with Crippen molar-refractivity contribution in [3.63, 3.8) is 0 Å². The number of ether oxygens (including phenoxy) is 1. The zero-order chi connectivity index (χ0) is 25.1. The predicted octanol–water partition coefficient (Wildman–Crippen LogP) is 3.32. The number of rotatable bonds is 8. The monoisotopic (exact) mass is 488 g/mol. The van der Waals surface area contributed by atoms with Gasteiger partial charge in [0.1, 0.15) is 24.5 Å². The number of anilines is 2. The maximum atomic E-state index is 13.6. The standard InChI is InChI=1S/C25H25FN8O2/c1-16-10-28-25(31-22-6-7-27-15-29-22)32-23(16)17-8-21-24(35)34(20(14-36-2)13-33(21)11-17)12-19-5-3-4-18(9-26)30-19/h3-8,10-11,15,20H,9,12-14H2,1-2H3,(H,27,28,29,31,32)/t20-/m1/s1. The van der Waals surface area contributed by atoms with E-state index < -0.39 is 6.67 Å². The van der Waals surface area contributed by atoms with Crippen LogP contribution < -0.4 is 5.32 Å². The van der Waals surface area contributed by atoms with Crippen LogP contribution in [0.15, 0.2) is 55.2 Å². The number of amides is 1. The number of carbonyl (C=O) groups is 1. The van der Waals surface area contributed by atoms with E-state index in [1.165, 1.54) is 6.33 Å². The summed E-state index contributed by atoms with van der Waals surface area (Å²) in [6, 6.07) is 8.54. The van der Waals surface area contributed by atoms with Crippen LogP contribution in [0.3, 0.4) is 0 Å². The van der Waals surface area contributed by atoms with Crippen molar-refractivity contribution < 1.29 is 13.9 Å². The van der Waals surface area contributed by atoms with Gasteiger partial charge in [-0.1, -0.05) is 6.07 Å². The van der Waals surface area contributed by atoms with E-state index in [-0.39, 0.29) is 18.5 Å². The molecule has 10 nitrogen and oxygen atoms in total. The maximum absolute atomic E-state index is 13.6. The number of nitrogens with zero attached hydrogens (tertiary/aromatic N) is 7. The molecule has 0 saturated heterocycles. The summed E-state index contributed by atoms with van der Waals surface area (Å²) in [5.74, 6) is 0.824. The molecule has 36 heavy (non-hydrogen) atoms. The summed E-state index contributed by atoms with van der Waals surface area (Å²) in [6.45, 7) is 2.45. The Morgan fingerprint density at radius 1 is 1.19 bits per heavy atom. The van der Waals surface area contributed by atoms with E-state index in [2.05, 4.69) is 30.2 Å². The second-order valence-electron chi connectivity index (χ2n) is 8.51. The third kappa shape index (κ3) is 4.78. The maximum Gasteiger partial charge on any atom is 0.271 e. The Morgan fingerprint density at radius 2 is 2.06 bits per heavy atom. The number of nitrogens with one attached hydrogen (secondary N) is 1. The highest BCUT2D eigenvalue weighted by Gasteiger charge is 2.33. The highest BCUT2D eigenvalue weighted by atomic mass is 19.1. The molecule has 4 aromatic rings. The number of halogens is 1. The fraction of sp³-hybridized carbons (Fsp3) is 0.280. The SMILES string of the molecule is COC[C@H]1Cn2cc(-c3nc(Nc4ccncn4)ncc3C)cc2C(=O)N1Cc1cccc(CF)n1. The molecule has 4 aromatic heterocycles. The molecule has 11 heteroatoms. The Hall–Kier alpha value is -4.25. The molecule has 1 N–H and O–H groups in total. The molecule has 184 valence electrons. The highest BCUT2D eigenvalue weighted by Crippen LogP contribution is 2.29. The summed E-state index contributed by atoms with van der Waals surface area (Å²) in [7, 11) is 1.61. The van der Waals surface area contributed by atoms with Gasteiger partial charge >= 0.3 is 0 Å². The first-order valence-corrected chi connectivity index (χ1v) is 11.4. The molecule has 0 aromatic carbocycles. The molecule has 0 aliphatic carbocycles. The number of pyridine rings is 1. The molecule has 0 bridgehead atoms. The van der Waals surface area contributed by atoms with Crippen molar-refractivity contribution in [1.29, 1.82) is 0 Å². The molecule has 0 radical (unpaired) electrons. The summed E-state index contributed by atoms with van der Waals surface area (Å²) in [5, 5.41) is 3.07. The van der Waals surface area contributed by atoms with Crippen LogP contribution in [0.4, 0.5) is 16.2 Å². The predicted molar refractivity (Wildman–Crippen MR) is 130 cm³/mol. The lowest BCUT2D eigenvalue weighted by Crippen LogP contribution is -2.49. The molecule has 1 amide bonds. The Bertz CT molecular complexity index is 1380. The van der Waals surface area contributed by atoms with Crippen molar-refractivity contribution in [2.75, 3.05) is 19.0 Å². The Balaban J connectivity index is 1.45. The summed E-state index contributed by atoms with van der Waals surface area (Å²) in [4.78, 5) is 36.7. The molecule has 5 heterocycles. The van der Waals surface area contributed by atoms with E-state index in [0.717, 1.165) is 11.1 Å². The largest absolute Gasteiger partial charge is 0.382 e. The number of aromatic nitrogens is 6. The minimum Gasteiger partial charge on any atom is -0.382 e. The molecule has 1 aliphatic heterocycles. The third-order valence-electron chi connectivity index (χ3n) is 5.98. The highest BCUT2D eigenvalue weighted by molar-refractivity contribution is 5.95. The molecule has 0 spiro atoms. The van der Waals surface area contributed by atoms with Crippen LogP contribution in [0.2, 0.25) is 0 Å². The summed E-state index contributed by atoms with van der Waals surface area (Å²) < 4.78 is 20.5. The van der Waals surface area contributed by atoms with Gasteiger partial charge in [0.25, 0.3) is 5.91 Å². The minimum atomic E-state index is -0.651. The number of aryl methyl sites for hydroxylation is 1. The summed E-state index contributed by atoms with van der Waals surface area (Å²) in [6.07, 6.45) is 6.73. The minimum absolute atomic E-state index is 0.145. The molecule has 1 aliphatic rings. The van der Waals surface area contributed by atoms with Gasteiger partial charge in [0, 0.05) is 37.8 Å². The summed E-state index contributed by atoms with van der Waals surface area (Å²) >= 11 is 0. The first-order chi connectivity index (χ1) is 17.6. The lowest BCUT2D eigenvalue weighted by molar-refractivity contribution is 0.0384. The lowest BCUT2D eigenvalue weighted by atomic mass is 10.1. The van der Waals surface area contributed by atoms with Gasteiger partial charge in [-0.05, 0) is 36.8 Å². The van der Waals surface area contributed by atoms with Crippen molar-refractivity contribution in [3.05, 3.63) is 77.9 Å². The van der Waals surface area contributed by atoms with Crippen molar-refractivity contribution in [3.8, 4) is 11.3 Å². The second-order valence-corrected chi connectivity index (χ2v) is 8.51. The number of carbonyl (C=O) groups excluding carboxylic acids is 1. The van der Waals surface area contributed by atoms with Crippen LogP contribution >= 0.6 is 0 Å². The average Bonchev–Trinajstić information content (AvgIpc) is 3.32. The second kappa shape index (κ2) is 10.2. The Kier molecular flexibility index (Phi) is 6.63. The fourth-order valence-electron chi connectivity index (χ4n) is 4.28. The quantitative estimate of drug-likeness (QED) is 0.402. The fourth-order valence-corrected chi connectivity index (χ4v) is 4.28. The van der Waals surface area contributed by atoms with E-state index in [4.69, 9.17) is 4.74 Å². The number of fused-ring (bicyclic) bond motifs is 1. The normalized spacial score (nSPS) is 15.1. The van der Waals surface area contributed by atoms with E-state index in [9.17, 15) is 9.18 Å². The van der Waals surface area contributed by atoms with Gasteiger partial charge in [0.15, 0.2) is 0 Å². The Morgan fingerprint density at radius 3 is 2.83 bits per heavy atom. The van der Waals surface area contributed by atoms with Crippen molar-refractivity contribution >= 4 is 17.7 Å². The molecule has 0 saturated carbocycles. The molecule has 0 unspecified atom stereocenters. The molecule has 0 fully saturated rings. The summed E-state index contributed by atoms with van der Waals surface area (Å²) in [5.41, 5.74) is 3.91. The molecular formula is C25H25FN8O2. The van der Waals surface area contributed by atoms with E-state index >= 15 is 0 Å². The van der Waals surface area contributed by atoms with Crippen LogP contribution in [-0.2, 0) is 24.5 Å². The zero-order valence-electron chi connectivity index (χ0n) is 19.9. The van der Waals surface area contributed by atoms with E-state index in [1.807, 2.05) is 23.8 Å². The number of hydrogen-bond donors (Lipinski definition) is 1. The van der Waals surface area contributed by atoms with Crippen LogP contribution in [0.5, 0.6) is 0 Å². The van der Waals surface area contributed by atoms with Crippen molar-refractivity contribution in [2.45, 2.75) is 32.7 Å². The smallest absolute Gasteiger partial charge is 0.271 e. The molecular weight excluding hydrogens is 463 g/mol. The molecule has 5 rings (SSSR count). The number of alkyl halides is 1. The van der Waals surface area contributed by atoms with Gasteiger partial charge in [-0.25, -0.2) is 24.3 Å². The van der Waals surface area contributed by atoms with Gasteiger partial charge < -0.3 is 19.5 Å². The lowest BCUT2D eigenvalue weighted by Gasteiger charge is -2.36. The first-order valence-electron chi connectivity index (χ1n) is 11.4. The van der Waals surface area contributed by atoms with Gasteiger partial charge in [0.2, 0.25) is 5.95 Å². The molecule has 1 atom stereocenters. The van der Waals surface area contributed by atoms with Crippen LogP contribution in [-0.4, -0.2) is 60.1 Å². The average molecular weight is 489 g/mol. The van der Waals surface area contributed by atoms with Crippen LogP contribution in [0, 0.1) is 6.92 Å². The number of methoxy groups -OCH3 is 1. The van der Waals surface area contributed by atoms with Gasteiger partial charge in [0.05, 0.1) is 36.3 Å². The van der Waals surface area contributed by atoms with Crippen molar-refractivity contribution in [1.82, 2.24) is 34.4 Å². The van der Waals surface area contributed by atoms with Gasteiger partial charge in [-0.3, -0.25) is 9.78 Å². The number of hydrogen-bond acceptors (Lipinski definition) is 8. The van der Waals surface area contributed by atoms with Crippen LogP contribution in [0.1, 0.15) is 27.4 Å². The third-order valence-corrected chi connectivity index (χ3v) is 5.98. The Labute approximate surface area is 207 Å². The van der Waals surface area contributed by atoms with Crippen molar-refractivity contribution in [2.24, 2.45) is 0 Å². The van der Waals surface area contributed by atoms with E-state index in [1.54, 1.807) is 48.7 Å².